The van der Waals surface area contributed by atoms with E-state index >= 15 is 0 Å². The summed E-state index contributed by atoms with van der Waals surface area (Å²) in [6.45, 7) is 2.86. The lowest BCUT2D eigenvalue weighted by atomic mass is 9.96. The number of nitrogens with two attached hydrogens (primary N) is 1. The molecule has 1 unspecified atom stereocenters. The minimum Gasteiger partial charge on any atom is -0.330 e. The van der Waals surface area contributed by atoms with Crippen molar-refractivity contribution in [3.8, 4) is 0 Å². The van der Waals surface area contributed by atoms with Crippen LogP contribution < -0.4 is 11.1 Å². The normalized spacial score (nSPS) is 12.4. The van der Waals surface area contributed by atoms with E-state index in [0.717, 1.165) is 24.9 Å². The van der Waals surface area contributed by atoms with Gasteiger partial charge >= 0.3 is 0 Å². The molecule has 0 fully saturated rings. The Morgan fingerprint density at radius 1 is 1.56 bits per heavy atom. The molecule has 4 heteroatoms. The molecule has 16 heavy (non-hydrogen) atoms. The Morgan fingerprint density at radius 2 is 2.38 bits per heavy atom. The maximum Gasteiger partial charge on any atom is 0.224 e. The van der Waals surface area contributed by atoms with Gasteiger partial charge in [-0.3, -0.25) is 4.79 Å². The van der Waals surface area contributed by atoms with Gasteiger partial charge in [-0.1, -0.05) is 13.3 Å². The van der Waals surface area contributed by atoms with Crippen LogP contribution in [0, 0.1) is 5.92 Å². The van der Waals surface area contributed by atoms with Gasteiger partial charge in [0.2, 0.25) is 5.91 Å². The van der Waals surface area contributed by atoms with E-state index in [1.165, 1.54) is 0 Å². The van der Waals surface area contributed by atoms with Crippen LogP contribution in [0.4, 0.5) is 5.69 Å². The molecule has 1 aromatic heterocycles. The first-order valence-electron chi connectivity index (χ1n) is 5.78. The Bertz CT molecular complexity index is 298. The number of carbonyl (C=O) groups excluding carboxylic acids is 1. The van der Waals surface area contributed by atoms with Gasteiger partial charge in [0.15, 0.2) is 0 Å². The molecule has 1 aromatic rings. The largest absolute Gasteiger partial charge is 0.330 e. The summed E-state index contributed by atoms with van der Waals surface area (Å²) < 4.78 is 0. The lowest BCUT2D eigenvalue weighted by Crippen LogP contribution is -2.14. The maximum absolute atomic E-state index is 11.6. The molecule has 3 N–H and O–H groups in total. The number of nitrogens with one attached hydrogen (secondary N) is 1. The highest BCUT2D eigenvalue weighted by Crippen LogP contribution is 2.16. The predicted molar refractivity (Wildman–Crippen MR) is 69.6 cm³/mol. The Morgan fingerprint density at radius 3 is 2.94 bits per heavy atom. The molecule has 1 atom stereocenters. The van der Waals surface area contributed by atoms with Gasteiger partial charge in [0.05, 0.1) is 5.69 Å². The third kappa shape index (κ3) is 4.77. The van der Waals surface area contributed by atoms with Crippen molar-refractivity contribution in [3.63, 3.8) is 0 Å². The molecule has 0 aliphatic heterocycles. The average molecular weight is 240 g/mol. The molecule has 0 bridgehead atoms. The fraction of sp³-hybridized carbons (Fsp3) is 0.583. The lowest BCUT2D eigenvalue weighted by molar-refractivity contribution is -0.116. The summed E-state index contributed by atoms with van der Waals surface area (Å²) in [5.41, 5.74) is 6.43. The minimum absolute atomic E-state index is 0.105. The molecule has 0 aliphatic rings. The maximum atomic E-state index is 11.6. The molecule has 0 aromatic carbocycles. The quantitative estimate of drug-likeness (QED) is 0.770. The van der Waals surface area contributed by atoms with Crippen molar-refractivity contribution in [2.24, 2.45) is 11.7 Å². The number of amides is 1. The van der Waals surface area contributed by atoms with Gasteiger partial charge in [0.25, 0.3) is 0 Å². The Balaban J connectivity index is 2.24. The number of hydrogen-bond acceptors (Lipinski definition) is 3. The smallest absolute Gasteiger partial charge is 0.224 e. The molecule has 1 rings (SSSR count). The molecular weight excluding hydrogens is 220 g/mol. The van der Waals surface area contributed by atoms with Crippen LogP contribution in [0.15, 0.2) is 16.8 Å². The number of anilines is 1. The van der Waals surface area contributed by atoms with Crippen LogP contribution >= 0.6 is 11.3 Å². The van der Waals surface area contributed by atoms with E-state index in [9.17, 15) is 4.79 Å². The Kier molecular flexibility index (Phi) is 6.11. The zero-order chi connectivity index (χ0) is 11.8. The van der Waals surface area contributed by atoms with Crippen molar-refractivity contribution in [1.29, 1.82) is 0 Å². The summed E-state index contributed by atoms with van der Waals surface area (Å²) >= 11 is 1.59. The van der Waals surface area contributed by atoms with E-state index in [2.05, 4.69) is 12.2 Å². The molecule has 0 saturated carbocycles. The van der Waals surface area contributed by atoms with Gasteiger partial charge in [-0.05, 0) is 36.8 Å². The number of rotatable bonds is 7. The molecule has 90 valence electrons. The second kappa shape index (κ2) is 7.41. The fourth-order valence-electron chi connectivity index (χ4n) is 1.68. The van der Waals surface area contributed by atoms with E-state index in [4.69, 9.17) is 5.73 Å². The minimum atomic E-state index is 0.105. The summed E-state index contributed by atoms with van der Waals surface area (Å²) in [4.78, 5) is 11.6. The molecule has 1 heterocycles. The molecule has 0 aliphatic carbocycles. The molecule has 0 saturated heterocycles. The van der Waals surface area contributed by atoms with Gasteiger partial charge in [0, 0.05) is 11.8 Å². The van der Waals surface area contributed by atoms with Crippen molar-refractivity contribution in [3.05, 3.63) is 16.8 Å². The van der Waals surface area contributed by atoms with Gasteiger partial charge in [0.1, 0.15) is 0 Å². The topological polar surface area (TPSA) is 55.1 Å². The average Bonchev–Trinajstić information content (AvgIpc) is 2.76. The number of hydrogen-bond donors (Lipinski definition) is 2. The first kappa shape index (κ1) is 13.2. The third-order valence-electron chi connectivity index (χ3n) is 2.74. The zero-order valence-electron chi connectivity index (χ0n) is 9.74. The highest BCUT2D eigenvalue weighted by molar-refractivity contribution is 7.08. The molecule has 3 nitrogen and oxygen atoms in total. The predicted octanol–water partition coefficient (Wildman–Crippen LogP) is 2.84. The van der Waals surface area contributed by atoms with Crippen LogP contribution in [0.2, 0.25) is 0 Å². The monoisotopic (exact) mass is 240 g/mol. The van der Waals surface area contributed by atoms with E-state index < -0.39 is 0 Å². The van der Waals surface area contributed by atoms with Crippen LogP contribution in [0.25, 0.3) is 0 Å². The highest BCUT2D eigenvalue weighted by Gasteiger charge is 2.09. The van der Waals surface area contributed by atoms with Crippen LogP contribution in [-0.2, 0) is 4.79 Å². The van der Waals surface area contributed by atoms with E-state index in [-0.39, 0.29) is 5.91 Å². The van der Waals surface area contributed by atoms with Crippen LogP contribution in [0.3, 0.4) is 0 Å². The van der Waals surface area contributed by atoms with Crippen molar-refractivity contribution in [1.82, 2.24) is 0 Å². The Hall–Kier alpha value is -0.870. The van der Waals surface area contributed by atoms with Crippen molar-refractivity contribution in [2.75, 3.05) is 11.9 Å². The highest BCUT2D eigenvalue weighted by atomic mass is 32.1. The zero-order valence-corrected chi connectivity index (χ0v) is 10.6. The summed E-state index contributed by atoms with van der Waals surface area (Å²) in [5, 5.41) is 6.78. The third-order valence-corrected chi connectivity index (χ3v) is 3.42. The van der Waals surface area contributed by atoms with Crippen molar-refractivity contribution >= 4 is 22.9 Å². The molecule has 0 radical (unpaired) electrons. The second-order valence-corrected chi connectivity index (χ2v) is 4.73. The van der Waals surface area contributed by atoms with Crippen LogP contribution in [-0.4, -0.2) is 12.5 Å². The van der Waals surface area contributed by atoms with Gasteiger partial charge in [-0.2, -0.15) is 11.3 Å². The SMILES string of the molecule is CCC(CCN)CCC(=O)Nc1ccsc1. The summed E-state index contributed by atoms with van der Waals surface area (Å²) in [7, 11) is 0. The van der Waals surface area contributed by atoms with Gasteiger partial charge in [-0.15, -0.1) is 0 Å². The van der Waals surface area contributed by atoms with E-state index in [0.29, 0.717) is 18.9 Å². The van der Waals surface area contributed by atoms with Crippen LogP contribution in [0.5, 0.6) is 0 Å². The standard InChI is InChI=1S/C12H20N2OS/c1-2-10(5-7-13)3-4-12(15)14-11-6-8-16-9-11/h6,8-10H,2-5,7,13H2,1H3,(H,14,15). The Labute approximate surface area is 101 Å². The molecular formula is C12H20N2OS. The summed E-state index contributed by atoms with van der Waals surface area (Å²) in [6.07, 6.45) is 3.64. The molecule has 1 amide bonds. The van der Waals surface area contributed by atoms with Crippen LogP contribution in [0.1, 0.15) is 32.6 Å². The summed E-state index contributed by atoms with van der Waals surface area (Å²) in [6, 6.07) is 1.92. The first-order valence-corrected chi connectivity index (χ1v) is 6.72. The van der Waals surface area contributed by atoms with Gasteiger partial charge < -0.3 is 11.1 Å². The lowest BCUT2D eigenvalue weighted by Gasteiger charge is -2.12. The van der Waals surface area contributed by atoms with Crippen molar-refractivity contribution in [2.45, 2.75) is 32.6 Å². The first-order chi connectivity index (χ1) is 7.76. The van der Waals surface area contributed by atoms with E-state index in [1.54, 1.807) is 11.3 Å². The van der Waals surface area contributed by atoms with E-state index in [1.807, 2.05) is 16.8 Å². The van der Waals surface area contributed by atoms with Crippen molar-refractivity contribution < 1.29 is 4.79 Å². The second-order valence-electron chi connectivity index (χ2n) is 3.95. The summed E-state index contributed by atoms with van der Waals surface area (Å²) in [5.74, 6) is 0.687. The number of thiophene rings is 1. The molecule has 0 spiro atoms. The number of carbonyl (C=O) groups is 1. The fourth-order valence-corrected chi connectivity index (χ4v) is 2.27. The van der Waals surface area contributed by atoms with Gasteiger partial charge in [-0.25, -0.2) is 0 Å².